The van der Waals surface area contributed by atoms with E-state index in [1.165, 1.54) is 0 Å². The van der Waals surface area contributed by atoms with E-state index in [9.17, 15) is 0 Å². The fourth-order valence-electron chi connectivity index (χ4n) is 1.66. The van der Waals surface area contributed by atoms with Crippen molar-refractivity contribution in [3.8, 4) is 0 Å². The minimum absolute atomic E-state index is 0.599. The molecular weight excluding hydrogens is 242 g/mol. The fourth-order valence-corrected chi connectivity index (χ4v) is 1.66. The molecule has 2 aromatic heterocycles. The molecule has 6 nitrogen and oxygen atoms in total. The van der Waals surface area contributed by atoms with Crippen molar-refractivity contribution in [2.75, 3.05) is 23.7 Å². The van der Waals surface area contributed by atoms with E-state index in [-0.39, 0.29) is 0 Å². The molecule has 6 heteroatoms. The summed E-state index contributed by atoms with van der Waals surface area (Å²) < 4.78 is 4.92. The molecule has 2 rings (SSSR count). The summed E-state index contributed by atoms with van der Waals surface area (Å²) in [5.41, 5.74) is 2.02. The Kier molecular flexibility index (Phi) is 4.72. The summed E-state index contributed by atoms with van der Waals surface area (Å²) in [6.07, 6.45) is 5.45. The van der Waals surface area contributed by atoms with Crippen LogP contribution in [-0.2, 0) is 6.42 Å². The van der Waals surface area contributed by atoms with Crippen molar-refractivity contribution in [1.29, 1.82) is 0 Å². The molecule has 0 radical (unpaired) electrons. The molecule has 102 valence electrons. The zero-order valence-corrected chi connectivity index (χ0v) is 11.3. The first-order valence-electron chi connectivity index (χ1n) is 6.50. The van der Waals surface area contributed by atoms with Crippen molar-refractivity contribution in [2.45, 2.75) is 26.7 Å². The van der Waals surface area contributed by atoms with Crippen LogP contribution < -0.4 is 10.6 Å². The van der Waals surface area contributed by atoms with Crippen molar-refractivity contribution < 1.29 is 4.52 Å². The second-order valence-electron chi connectivity index (χ2n) is 4.30. The molecule has 0 aliphatic heterocycles. The Hall–Kier alpha value is -2.11. The van der Waals surface area contributed by atoms with Gasteiger partial charge in [-0.25, -0.2) is 0 Å². The summed E-state index contributed by atoms with van der Waals surface area (Å²) in [4.78, 5) is 8.35. The highest BCUT2D eigenvalue weighted by atomic mass is 16.5. The van der Waals surface area contributed by atoms with Crippen LogP contribution in [-0.4, -0.2) is 28.2 Å². The van der Waals surface area contributed by atoms with Crippen molar-refractivity contribution in [1.82, 2.24) is 15.1 Å². The third-order valence-electron chi connectivity index (χ3n) is 2.56. The lowest BCUT2D eigenvalue weighted by atomic mass is 10.3. The molecule has 0 aliphatic carbocycles. The van der Waals surface area contributed by atoms with E-state index < -0.39 is 0 Å². The van der Waals surface area contributed by atoms with Gasteiger partial charge in [-0.15, -0.1) is 0 Å². The van der Waals surface area contributed by atoms with Gasteiger partial charge < -0.3 is 15.2 Å². The molecule has 2 heterocycles. The van der Waals surface area contributed by atoms with E-state index in [1.807, 2.05) is 12.3 Å². The highest BCUT2D eigenvalue weighted by Gasteiger charge is 2.02. The number of nitrogens with one attached hydrogen (secondary N) is 2. The predicted molar refractivity (Wildman–Crippen MR) is 74.2 cm³/mol. The van der Waals surface area contributed by atoms with Crippen LogP contribution in [0.4, 0.5) is 11.4 Å². The number of anilines is 2. The van der Waals surface area contributed by atoms with E-state index in [4.69, 9.17) is 4.52 Å². The van der Waals surface area contributed by atoms with Gasteiger partial charge in [-0.3, -0.25) is 4.98 Å². The van der Waals surface area contributed by atoms with Gasteiger partial charge in [0.15, 0.2) is 5.82 Å². The molecule has 0 saturated heterocycles. The Morgan fingerprint density at radius 3 is 2.53 bits per heavy atom. The zero-order chi connectivity index (χ0) is 13.5. The molecule has 0 atom stereocenters. The van der Waals surface area contributed by atoms with E-state index in [0.717, 1.165) is 43.1 Å². The quantitative estimate of drug-likeness (QED) is 0.796. The number of rotatable bonds is 7. The largest absolute Gasteiger partial charge is 0.384 e. The molecule has 0 unspecified atom stereocenters. The maximum Gasteiger partial charge on any atom is 0.223 e. The smallest absolute Gasteiger partial charge is 0.223 e. The fraction of sp³-hybridized carbons (Fsp3) is 0.462. The predicted octanol–water partition coefficient (Wildman–Crippen LogP) is 2.25. The van der Waals surface area contributed by atoms with Crippen LogP contribution in [0.5, 0.6) is 0 Å². The van der Waals surface area contributed by atoms with E-state index >= 15 is 0 Å². The molecule has 0 aliphatic rings. The van der Waals surface area contributed by atoms with Crippen molar-refractivity contribution in [2.24, 2.45) is 0 Å². The summed E-state index contributed by atoms with van der Waals surface area (Å²) in [5, 5.41) is 10.4. The van der Waals surface area contributed by atoms with Gasteiger partial charge in [-0.2, -0.15) is 4.98 Å². The standard InChI is InChI=1S/C13H19N5O/c1-3-5-15-11-7-12(9-14-8-11)16-6-4-13-17-10(2)19-18-13/h7-9,15-16H,3-6H2,1-2H3. The lowest BCUT2D eigenvalue weighted by Crippen LogP contribution is -2.07. The number of hydrogen-bond acceptors (Lipinski definition) is 6. The van der Waals surface area contributed by atoms with E-state index in [1.54, 1.807) is 13.1 Å². The topological polar surface area (TPSA) is 75.9 Å². The van der Waals surface area contributed by atoms with Crippen LogP contribution in [0.3, 0.4) is 0 Å². The van der Waals surface area contributed by atoms with Gasteiger partial charge in [0.2, 0.25) is 5.89 Å². The van der Waals surface area contributed by atoms with Gasteiger partial charge in [0, 0.05) is 26.4 Å². The first-order valence-corrected chi connectivity index (χ1v) is 6.50. The highest BCUT2D eigenvalue weighted by molar-refractivity contribution is 5.53. The van der Waals surface area contributed by atoms with Gasteiger partial charge in [0.1, 0.15) is 0 Å². The van der Waals surface area contributed by atoms with Crippen molar-refractivity contribution >= 4 is 11.4 Å². The number of aromatic nitrogens is 3. The van der Waals surface area contributed by atoms with Gasteiger partial charge in [0.05, 0.1) is 23.8 Å². The molecule has 19 heavy (non-hydrogen) atoms. The number of hydrogen-bond donors (Lipinski definition) is 2. The molecule has 0 amide bonds. The summed E-state index contributed by atoms with van der Waals surface area (Å²) in [5.74, 6) is 1.32. The van der Waals surface area contributed by atoms with Crippen molar-refractivity contribution in [3.63, 3.8) is 0 Å². The SMILES string of the molecule is CCCNc1cncc(NCCc2noc(C)n2)c1. The Labute approximate surface area is 112 Å². The number of pyridine rings is 1. The van der Waals surface area contributed by atoms with Crippen LogP contribution in [0.2, 0.25) is 0 Å². The van der Waals surface area contributed by atoms with Crippen LogP contribution in [0.25, 0.3) is 0 Å². The first kappa shape index (κ1) is 13.3. The molecule has 0 saturated carbocycles. The molecule has 0 bridgehead atoms. The lowest BCUT2D eigenvalue weighted by Gasteiger charge is -2.08. The maximum absolute atomic E-state index is 4.92. The summed E-state index contributed by atoms with van der Waals surface area (Å²) in [6, 6.07) is 2.05. The minimum atomic E-state index is 0.599. The number of nitrogens with zero attached hydrogens (tertiary/aromatic N) is 3. The van der Waals surface area contributed by atoms with Crippen molar-refractivity contribution in [3.05, 3.63) is 30.2 Å². The third-order valence-corrected chi connectivity index (χ3v) is 2.56. The van der Waals surface area contributed by atoms with Crippen LogP contribution in [0, 0.1) is 6.92 Å². The Bertz CT molecular complexity index is 511. The minimum Gasteiger partial charge on any atom is -0.384 e. The van der Waals surface area contributed by atoms with E-state index in [2.05, 4.69) is 32.7 Å². The molecule has 2 aromatic rings. The third kappa shape index (κ3) is 4.24. The summed E-state index contributed by atoms with van der Waals surface area (Å²) >= 11 is 0. The van der Waals surface area contributed by atoms with E-state index in [0.29, 0.717) is 5.89 Å². The first-order chi connectivity index (χ1) is 9.28. The van der Waals surface area contributed by atoms with Gasteiger partial charge in [0.25, 0.3) is 0 Å². The zero-order valence-electron chi connectivity index (χ0n) is 11.3. The highest BCUT2D eigenvalue weighted by Crippen LogP contribution is 2.12. The van der Waals surface area contributed by atoms with Crippen LogP contribution >= 0.6 is 0 Å². The molecule has 0 fully saturated rings. The van der Waals surface area contributed by atoms with Gasteiger partial charge in [-0.05, 0) is 12.5 Å². The number of aryl methyl sites for hydroxylation is 1. The Balaban J connectivity index is 1.82. The second kappa shape index (κ2) is 6.72. The second-order valence-corrected chi connectivity index (χ2v) is 4.30. The lowest BCUT2D eigenvalue weighted by molar-refractivity contribution is 0.387. The Morgan fingerprint density at radius 1 is 1.16 bits per heavy atom. The molecular formula is C13H19N5O. The Morgan fingerprint density at radius 2 is 1.89 bits per heavy atom. The summed E-state index contributed by atoms with van der Waals surface area (Å²) in [7, 11) is 0. The normalized spacial score (nSPS) is 10.4. The van der Waals surface area contributed by atoms with Gasteiger partial charge in [-0.1, -0.05) is 12.1 Å². The average molecular weight is 261 g/mol. The monoisotopic (exact) mass is 261 g/mol. The molecule has 2 N–H and O–H groups in total. The van der Waals surface area contributed by atoms with Crippen LogP contribution in [0.15, 0.2) is 23.0 Å². The summed E-state index contributed by atoms with van der Waals surface area (Å²) in [6.45, 7) is 5.62. The molecule has 0 aromatic carbocycles. The molecule has 0 spiro atoms. The van der Waals surface area contributed by atoms with Gasteiger partial charge >= 0.3 is 0 Å². The average Bonchev–Trinajstić information content (AvgIpc) is 2.83. The van der Waals surface area contributed by atoms with Crippen LogP contribution in [0.1, 0.15) is 25.1 Å². The maximum atomic E-state index is 4.92.